The number of carbonyl (C=O) groups is 1. The zero-order valence-electron chi connectivity index (χ0n) is 11.8. The Morgan fingerprint density at radius 2 is 2.05 bits per heavy atom. The number of hydrogen-bond donors (Lipinski definition) is 0. The van der Waals surface area contributed by atoms with Gasteiger partial charge in [0.25, 0.3) is 0 Å². The van der Waals surface area contributed by atoms with Gasteiger partial charge in [-0.05, 0) is 26.0 Å². The van der Waals surface area contributed by atoms with Gasteiger partial charge in [0.05, 0.1) is 17.8 Å². The van der Waals surface area contributed by atoms with Gasteiger partial charge in [-0.3, -0.25) is 0 Å². The van der Waals surface area contributed by atoms with Gasteiger partial charge in [0.15, 0.2) is 0 Å². The fourth-order valence-electron chi connectivity index (χ4n) is 2.72. The van der Waals surface area contributed by atoms with E-state index in [4.69, 9.17) is 4.74 Å². The number of para-hydroxylation sites is 1. The molecular formula is C16H16N2O2. The van der Waals surface area contributed by atoms with Crippen LogP contribution in [0, 0.1) is 6.92 Å². The maximum absolute atomic E-state index is 11.9. The molecule has 0 aliphatic heterocycles. The second kappa shape index (κ2) is 4.63. The Morgan fingerprint density at radius 3 is 2.80 bits per heavy atom. The Bertz CT molecular complexity index is 818. The second-order valence-corrected chi connectivity index (χ2v) is 4.79. The Balaban J connectivity index is 2.35. The highest BCUT2D eigenvalue weighted by atomic mass is 16.5. The van der Waals surface area contributed by atoms with Crippen LogP contribution in [0.2, 0.25) is 0 Å². The molecule has 0 radical (unpaired) electrons. The lowest BCUT2D eigenvalue weighted by atomic mass is 10.1. The molecule has 0 amide bonds. The summed E-state index contributed by atoms with van der Waals surface area (Å²) in [5, 5.41) is 2.17. The van der Waals surface area contributed by atoms with Crippen LogP contribution < -0.4 is 0 Å². The molecule has 0 aliphatic carbocycles. The lowest BCUT2D eigenvalue weighted by Gasteiger charge is -2.05. The van der Waals surface area contributed by atoms with E-state index in [0.717, 1.165) is 27.5 Å². The van der Waals surface area contributed by atoms with Crippen molar-refractivity contribution in [3.05, 3.63) is 41.7 Å². The maximum Gasteiger partial charge on any atom is 0.356 e. The first-order chi connectivity index (χ1) is 9.63. The van der Waals surface area contributed by atoms with E-state index in [1.807, 2.05) is 32.2 Å². The third kappa shape index (κ3) is 1.76. The number of pyridine rings is 1. The summed E-state index contributed by atoms with van der Waals surface area (Å²) in [7, 11) is 2.02. The molecule has 3 rings (SSSR count). The first-order valence-corrected chi connectivity index (χ1v) is 6.65. The van der Waals surface area contributed by atoms with E-state index >= 15 is 0 Å². The average Bonchev–Trinajstić information content (AvgIpc) is 2.74. The van der Waals surface area contributed by atoms with Crippen LogP contribution in [0.1, 0.15) is 23.1 Å². The van der Waals surface area contributed by atoms with Crippen LogP contribution in [0.25, 0.3) is 21.8 Å². The zero-order chi connectivity index (χ0) is 14.3. The molecule has 4 heteroatoms. The molecule has 0 bridgehead atoms. The number of aryl methyl sites for hydroxylation is 2. The van der Waals surface area contributed by atoms with Crippen LogP contribution in [0.4, 0.5) is 0 Å². The highest BCUT2D eigenvalue weighted by molar-refractivity contribution is 6.10. The van der Waals surface area contributed by atoms with E-state index in [1.54, 1.807) is 6.92 Å². The predicted octanol–water partition coefficient (Wildman–Crippen LogP) is 3.21. The van der Waals surface area contributed by atoms with E-state index < -0.39 is 0 Å². The Kier molecular flexibility index (Phi) is 2.93. The lowest BCUT2D eigenvalue weighted by molar-refractivity contribution is 0.0519. The fraction of sp³-hybridized carbons (Fsp3) is 0.250. The van der Waals surface area contributed by atoms with Crippen molar-refractivity contribution in [1.29, 1.82) is 0 Å². The topological polar surface area (TPSA) is 44.1 Å². The van der Waals surface area contributed by atoms with Gasteiger partial charge >= 0.3 is 5.97 Å². The van der Waals surface area contributed by atoms with Crippen molar-refractivity contribution >= 4 is 27.8 Å². The minimum Gasteiger partial charge on any atom is -0.461 e. The van der Waals surface area contributed by atoms with Gasteiger partial charge in [-0.25, -0.2) is 9.78 Å². The molecule has 0 N–H and O–H groups in total. The summed E-state index contributed by atoms with van der Waals surface area (Å²) in [6.45, 7) is 4.07. The molecule has 0 unspecified atom stereocenters. The quantitative estimate of drug-likeness (QED) is 0.670. The minimum absolute atomic E-state index is 0.354. The summed E-state index contributed by atoms with van der Waals surface area (Å²) >= 11 is 0. The molecule has 2 heterocycles. The summed E-state index contributed by atoms with van der Waals surface area (Å²) in [6, 6.07) is 9.96. The highest BCUT2D eigenvalue weighted by Gasteiger charge is 2.16. The highest BCUT2D eigenvalue weighted by Crippen LogP contribution is 2.29. The average molecular weight is 268 g/mol. The molecule has 3 aromatic rings. The number of rotatable bonds is 2. The van der Waals surface area contributed by atoms with Crippen molar-refractivity contribution in [1.82, 2.24) is 9.55 Å². The van der Waals surface area contributed by atoms with Gasteiger partial charge in [-0.15, -0.1) is 0 Å². The van der Waals surface area contributed by atoms with Crippen molar-refractivity contribution in [2.45, 2.75) is 13.8 Å². The number of benzene rings is 1. The van der Waals surface area contributed by atoms with Crippen LogP contribution >= 0.6 is 0 Å². The fourth-order valence-corrected chi connectivity index (χ4v) is 2.72. The zero-order valence-corrected chi connectivity index (χ0v) is 11.8. The largest absolute Gasteiger partial charge is 0.461 e. The number of ether oxygens (including phenoxy) is 1. The smallest absolute Gasteiger partial charge is 0.356 e. The Morgan fingerprint density at radius 1 is 1.30 bits per heavy atom. The summed E-state index contributed by atoms with van der Waals surface area (Å²) in [5.74, 6) is -0.370. The molecule has 0 saturated carbocycles. The maximum atomic E-state index is 11.9. The van der Waals surface area contributed by atoms with Crippen molar-refractivity contribution in [3.8, 4) is 0 Å². The van der Waals surface area contributed by atoms with Crippen molar-refractivity contribution in [3.63, 3.8) is 0 Å². The third-order valence-corrected chi connectivity index (χ3v) is 3.54. The summed E-state index contributed by atoms with van der Waals surface area (Å²) < 4.78 is 7.16. The van der Waals surface area contributed by atoms with Crippen LogP contribution in [0.5, 0.6) is 0 Å². The molecule has 0 spiro atoms. The molecule has 20 heavy (non-hydrogen) atoms. The van der Waals surface area contributed by atoms with E-state index in [1.165, 1.54) is 0 Å². The predicted molar refractivity (Wildman–Crippen MR) is 78.9 cm³/mol. The first kappa shape index (κ1) is 12.7. The first-order valence-electron chi connectivity index (χ1n) is 6.65. The Hall–Kier alpha value is -2.36. The SMILES string of the molecule is CCOC(=O)c1cc2c3ccccc3n(C)c2c(C)n1. The van der Waals surface area contributed by atoms with Gasteiger partial charge < -0.3 is 9.30 Å². The minimum atomic E-state index is -0.370. The monoisotopic (exact) mass is 268 g/mol. The van der Waals surface area contributed by atoms with E-state index in [2.05, 4.69) is 21.7 Å². The number of hydrogen-bond acceptors (Lipinski definition) is 3. The number of nitrogens with zero attached hydrogens (tertiary/aromatic N) is 2. The van der Waals surface area contributed by atoms with Crippen molar-refractivity contribution in [2.75, 3.05) is 6.61 Å². The lowest BCUT2D eigenvalue weighted by Crippen LogP contribution is -2.08. The van der Waals surface area contributed by atoms with Gasteiger partial charge in [0.1, 0.15) is 5.69 Å². The molecule has 0 atom stereocenters. The number of esters is 1. The number of carbonyl (C=O) groups excluding carboxylic acids is 1. The third-order valence-electron chi connectivity index (χ3n) is 3.54. The molecule has 0 saturated heterocycles. The summed E-state index contributed by atoms with van der Waals surface area (Å²) in [4.78, 5) is 16.3. The molecule has 2 aromatic heterocycles. The molecule has 0 fully saturated rings. The molecular weight excluding hydrogens is 252 g/mol. The Labute approximate surface area is 117 Å². The van der Waals surface area contributed by atoms with Gasteiger partial charge in [-0.1, -0.05) is 18.2 Å². The van der Waals surface area contributed by atoms with E-state index in [0.29, 0.717) is 12.3 Å². The van der Waals surface area contributed by atoms with Gasteiger partial charge in [0, 0.05) is 23.3 Å². The summed E-state index contributed by atoms with van der Waals surface area (Å²) in [5.41, 5.74) is 3.39. The van der Waals surface area contributed by atoms with Crippen LogP contribution in [-0.2, 0) is 11.8 Å². The molecule has 1 aromatic carbocycles. The molecule has 4 nitrogen and oxygen atoms in total. The van der Waals surface area contributed by atoms with Crippen LogP contribution in [-0.4, -0.2) is 22.1 Å². The van der Waals surface area contributed by atoms with Crippen molar-refractivity contribution in [2.24, 2.45) is 7.05 Å². The molecule has 102 valence electrons. The normalized spacial score (nSPS) is 11.2. The second-order valence-electron chi connectivity index (χ2n) is 4.79. The van der Waals surface area contributed by atoms with Gasteiger partial charge in [0.2, 0.25) is 0 Å². The number of fused-ring (bicyclic) bond motifs is 3. The standard InChI is InChI=1S/C16H16N2O2/c1-4-20-16(19)13-9-12-11-7-5-6-8-14(11)18(3)15(12)10(2)17-13/h5-9H,4H2,1-3H3. The molecule has 0 aliphatic rings. The van der Waals surface area contributed by atoms with Crippen molar-refractivity contribution < 1.29 is 9.53 Å². The van der Waals surface area contributed by atoms with Gasteiger partial charge in [-0.2, -0.15) is 0 Å². The van der Waals surface area contributed by atoms with E-state index in [9.17, 15) is 4.79 Å². The number of aromatic nitrogens is 2. The summed E-state index contributed by atoms with van der Waals surface area (Å²) in [6.07, 6.45) is 0. The van der Waals surface area contributed by atoms with E-state index in [-0.39, 0.29) is 5.97 Å². The van der Waals surface area contributed by atoms with Crippen LogP contribution in [0.15, 0.2) is 30.3 Å². The van der Waals surface area contributed by atoms with Crippen LogP contribution in [0.3, 0.4) is 0 Å².